The van der Waals surface area contributed by atoms with Crippen LogP contribution in [0.25, 0.3) is 0 Å². The minimum atomic E-state index is -0.527. The van der Waals surface area contributed by atoms with Crippen molar-refractivity contribution in [2.75, 3.05) is 13.7 Å². The van der Waals surface area contributed by atoms with E-state index in [1.165, 1.54) is 7.11 Å². The maximum atomic E-state index is 11.6. The number of aromatic nitrogens is 2. The number of carbonyl (C=O) groups excluding carboxylic acids is 1. The van der Waals surface area contributed by atoms with Gasteiger partial charge in [-0.25, -0.2) is 0 Å². The van der Waals surface area contributed by atoms with E-state index in [2.05, 4.69) is 10.1 Å². The van der Waals surface area contributed by atoms with Gasteiger partial charge in [-0.1, -0.05) is 19.0 Å². The lowest BCUT2D eigenvalue weighted by atomic mass is 10.2. The lowest BCUT2D eigenvalue weighted by Crippen LogP contribution is -2.36. The summed E-state index contributed by atoms with van der Waals surface area (Å²) in [5, 5.41) is 13.6. The molecule has 1 saturated heterocycles. The maximum Gasteiger partial charge on any atom is 0.323 e. The third-order valence-electron chi connectivity index (χ3n) is 3.18. The second kappa shape index (κ2) is 5.66. The van der Waals surface area contributed by atoms with Gasteiger partial charge in [0.05, 0.1) is 19.8 Å². The summed E-state index contributed by atoms with van der Waals surface area (Å²) in [5.41, 5.74) is 0. The molecule has 1 aromatic heterocycles. The standard InChI is InChI=1S/C12H19N3O4/c1-7(2)11-13-10(14-19-11)6-15-5-8(16)4-9(15)12(17)18-3/h7-9,16H,4-6H2,1-3H3. The SMILES string of the molecule is COC(=O)C1CC(O)CN1Cc1noc(C(C)C)n1. The smallest absolute Gasteiger partial charge is 0.323 e. The molecule has 0 aliphatic carbocycles. The van der Waals surface area contributed by atoms with Gasteiger partial charge in [-0.05, 0) is 0 Å². The van der Waals surface area contributed by atoms with Gasteiger partial charge in [0.1, 0.15) is 6.04 Å². The van der Waals surface area contributed by atoms with Gasteiger partial charge in [0, 0.05) is 18.9 Å². The summed E-state index contributed by atoms with van der Waals surface area (Å²) in [6, 6.07) is -0.444. The van der Waals surface area contributed by atoms with E-state index in [4.69, 9.17) is 9.26 Å². The van der Waals surface area contributed by atoms with Crippen LogP contribution in [0.2, 0.25) is 0 Å². The topological polar surface area (TPSA) is 88.7 Å². The number of β-amino-alcohol motifs (C(OH)–C–C–N with tert-alkyl or cyclic N) is 1. The van der Waals surface area contributed by atoms with Gasteiger partial charge in [0.25, 0.3) is 0 Å². The summed E-state index contributed by atoms with van der Waals surface area (Å²) in [6.07, 6.45) is -0.151. The summed E-state index contributed by atoms with van der Waals surface area (Å²) in [5.74, 6) is 0.919. The zero-order chi connectivity index (χ0) is 14.0. The van der Waals surface area contributed by atoms with Crippen molar-refractivity contribution >= 4 is 5.97 Å². The second-order valence-corrected chi connectivity index (χ2v) is 5.06. The monoisotopic (exact) mass is 269 g/mol. The predicted molar refractivity (Wildman–Crippen MR) is 65.2 cm³/mol. The lowest BCUT2D eigenvalue weighted by Gasteiger charge is -2.19. The van der Waals surface area contributed by atoms with Crippen molar-refractivity contribution in [3.63, 3.8) is 0 Å². The summed E-state index contributed by atoms with van der Waals surface area (Å²) in [6.45, 7) is 4.71. The van der Waals surface area contributed by atoms with E-state index >= 15 is 0 Å². The van der Waals surface area contributed by atoms with Crippen molar-refractivity contribution in [1.82, 2.24) is 15.0 Å². The second-order valence-electron chi connectivity index (χ2n) is 5.06. The molecule has 1 aliphatic rings. The molecule has 1 aromatic rings. The van der Waals surface area contributed by atoms with Crippen molar-refractivity contribution in [3.05, 3.63) is 11.7 Å². The van der Waals surface area contributed by atoms with Gasteiger partial charge >= 0.3 is 5.97 Å². The first kappa shape index (κ1) is 14.0. The highest BCUT2D eigenvalue weighted by Crippen LogP contribution is 2.21. The number of aliphatic hydroxyl groups is 1. The average molecular weight is 269 g/mol. The van der Waals surface area contributed by atoms with Crippen LogP contribution >= 0.6 is 0 Å². The van der Waals surface area contributed by atoms with E-state index in [1.807, 2.05) is 18.7 Å². The molecule has 2 atom stereocenters. The molecular formula is C12H19N3O4. The zero-order valence-corrected chi connectivity index (χ0v) is 11.4. The Balaban J connectivity index is 2.05. The molecule has 2 rings (SSSR count). The predicted octanol–water partition coefficient (Wildman–Crippen LogP) is 0.301. The summed E-state index contributed by atoms with van der Waals surface area (Å²) in [7, 11) is 1.34. The summed E-state index contributed by atoms with van der Waals surface area (Å²) >= 11 is 0. The maximum absolute atomic E-state index is 11.6. The van der Waals surface area contributed by atoms with Crippen LogP contribution in [0.3, 0.4) is 0 Å². The molecule has 1 fully saturated rings. The molecule has 0 saturated carbocycles. The van der Waals surface area contributed by atoms with Gasteiger partial charge in [0.15, 0.2) is 5.82 Å². The van der Waals surface area contributed by atoms with Crippen LogP contribution in [0.5, 0.6) is 0 Å². The van der Waals surface area contributed by atoms with E-state index < -0.39 is 12.1 Å². The molecular weight excluding hydrogens is 250 g/mol. The molecule has 2 unspecified atom stereocenters. The minimum absolute atomic E-state index is 0.168. The van der Waals surface area contributed by atoms with Gasteiger partial charge in [0.2, 0.25) is 5.89 Å². The van der Waals surface area contributed by atoms with Crippen molar-refractivity contribution in [2.45, 2.75) is 44.9 Å². The number of esters is 1. The molecule has 19 heavy (non-hydrogen) atoms. The Morgan fingerprint density at radius 3 is 2.95 bits per heavy atom. The van der Waals surface area contributed by atoms with E-state index in [1.54, 1.807) is 0 Å². The molecule has 7 nitrogen and oxygen atoms in total. The third-order valence-corrected chi connectivity index (χ3v) is 3.18. The highest BCUT2D eigenvalue weighted by atomic mass is 16.5. The van der Waals surface area contributed by atoms with Gasteiger partial charge in [-0.3, -0.25) is 9.69 Å². The van der Waals surface area contributed by atoms with Crippen molar-refractivity contribution < 1.29 is 19.2 Å². The Kier molecular flexibility index (Phi) is 4.16. The van der Waals surface area contributed by atoms with Crippen molar-refractivity contribution in [1.29, 1.82) is 0 Å². The van der Waals surface area contributed by atoms with E-state index in [9.17, 15) is 9.90 Å². The number of aliphatic hydroxyl groups excluding tert-OH is 1. The van der Waals surface area contributed by atoms with Crippen LogP contribution in [0.4, 0.5) is 0 Å². The van der Waals surface area contributed by atoms with Crippen LogP contribution < -0.4 is 0 Å². The number of ether oxygens (including phenoxy) is 1. The largest absolute Gasteiger partial charge is 0.468 e. The van der Waals surface area contributed by atoms with Crippen LogP contribution in [-0.4, -0.2) is 51.9 Å². The highest BCUT2D eigenvalue weighted by Gasteiger charge is 2.37. The zero-order valence-electron chi connectivity index (χ0n) is 11.4. The van der Waals surface area contributed by atoms with E-state index in [-0.39, 0.29) is 11.9 Å². The van der Waals surface area contributed by atoms with Crippen molar-refractivity contribution in [3.8, 4) is 0 Å². The Morgan fingerprint density at radius 1 is 1.63 bits per heavy atom. The first-order valence-electron chi connectivity index (χ1n) is 6.33. The fourth-order valence-electron chi connectivity index (χ4n) is 2.18. The van der Waals surface area contributed by atoms with Crippen LogP contribution in [-0.2, 0) is 16.1 Å². The summed E-state index contributed by atoms with van der Waals surface area (Å²) in [4.78, 5) is 17.7. The molecule has 0 amide bonds. The Hall–Kier alpha value is -1.47. The minimum Gasteiger partial charge on any atom is -0.468 e. The number of methoxy groups -OCH3 is 1. The molecule has 2 heterocycles. The van der Waals surface area contributed by atoms with E-state index in [0.717, 1.165) is 0 Å². The molecule has 7 heteroatoms. The number of hydrogen-bond donors (Lipinski definition) is 1. The number of carbonyl (C=O) groups is 1. The Labute approximate surface area is 111 Å². The lowest BCUT2D eigenvalue weighted by molar-refractivity contribution is -0.146. The molecule has 0 aromatic carbocycles. The first-order valence-corrected chi connectivity index (χ1v) is 6.33. The Bertz CT molecular complexity index is 446. The fraction of sp³-hybridized carbons (Fsp3) is 0.750. The molecule has 0 radical (unpaired) electrons. The van der Waals surface area contributed by atoms with Gasteiger partial charge in [-0.2, -0.15) is 4.98 Å². The first-order chi connectivity index (χ1) is 9.01. The van der Waals surface area contributed by atoms with Gasteiger partial charge in [-0.15, -0.1) is 0 Å². The van der Waals surface area contributed by atoms with Crippen LogP contribution in [0.15, 0.2) is 4.52 Å². The van der Waals surface area contributed by atoms with Crippen LogP contribution in [0, 0.1) is 0 Å². The van der Waals surface area contributed by atoms with Crippen molar-refractivity contribution in [2.24, 2.45) is 0 Å². The number of rotatable bonds is 4. The summed E-state index contributed by atoms with van der Waals surface area (Å²) < 4.78 is 9.86. The average Bonchev–Trinajstić information content (AvgIpc) is 2.96. The van der Waals surface area contributed by atoms with Crippen LogP contribution in [0.1, 0.15) is 37.9 Å². The molecule has 1 aliphatic heterocycles. The number of likely N-dealkylation sites (tertiary alicyclic amines) is 1. The quantitative estimate of drug-likeness (QED) is 0.786. The fourth-order valence-corrected chi connectivity index (χ4v) is 2.18. The molecule has 0 bridgehead atoms. The normalized spacial score (nSPS) is 24.1. The third kappa shape index (κ3) is 3.10. The molecule has 106 valence electrons. The highest BCUT2D eigenvalue weighted by molar-refractivity contribution is 5.76. The molecule has 1 N–H and O–H groups in total. The van der Waals surface area contributed by atoms with Gasteiger partial charge < -0.3 is 14.4 Å². The number of nitrogens with zero attached hydrogens (tertiary/aromatic N) is 3. The Morgan fingerprint density at radius 2 is 2.37 bits per heavy atom. The number of hydrogen-bond acceptors (Lipinski definition) is 7. The van der Waals surface area contributed by atoms with E-state index in [0.29, 0.717) is 31.2 Å². The molecule has 0 spiro atoms.